The monoisotopic (exact) mass is 608 g/mol. The van der Waals surface area contributed by atoms with E-state index in [2.05, 4.69) is 31.5 Å². The number of carbonyl (C=O) groups excluding carboxylic acids is 3. The molecule has 4 rings (SSSR count). The van der Waals surface area contributed by atoms with Crippen molar-refractivity contribution in [3.8, 4) is 0 Å². The molecule has 3 fully saturated rings. The second kappa shape index (κ2) is 13.1. The summed E-state index contributed by atoms with van der Waals surface area (Å²) in [5.74, 6) is -0.809. The van der Waals surface area contributed by atoms with Gasteiger partial charge < -0.3 is 25.2 Å². The van der Waals surface area contributed by atoms with Gasteiger partial charge >= 0.3 is 0 Å². The molecule has 0 aromatic heterocycles. The molecule has 12 nitrogen and oxygen atoms in total. The molecule has 13 heteroatoms. The number of piperidine rings is 2. The van der Waals surface area contributed by atoms with E-state index in [0.29, 0.717) is 63.2 Å². The molecule has 0 spiro atoms. The van der Waals surface area contributed by atoms with Crippen LogP contribution in [-0.2, 0) is 14.3 Å². The summed E-state index contributed by atoms with van der Waals surface area (Å²) >= 11 is 3.34. The topological polar surface area (TPSA) is 137 Å². The van der Waals surface area contributed by atoms with Gasteiger partial charge in [0.05, 0.1) is 17.1 Å². The number of nitrogens with one attached hydrogen (secondary N) is 2. The van der Waals surface area contributed by atoms with E-state index in [4.69, 9.17) is 4.74 Å². The van der Waals surface area contributed by atoms with Gasteiger partial charge in [-0.1, -0.05) is 15.9 Å². The molecule has 3 saturated heterocycles. The fourth-order valence-electron chi connectivity index (χ4n) is 5.69. The van der Waals surface area contributed by atoms with Crippen LogP contribution in [0.5, 0.6) is 0 Å². The lowest BCUT2D eigenvalue weighted by Gasteiger charge is -2.37. The normalized spacial score (nSPS) is 24.3. The van der Waals surface area contributed by atoms with Crippen molar-refractivity contribution in [2.45, 2.75) is 44.7 Å². The molecule has 1 aromatic carbocycles. The maximum absolute atomic E-state index is 13.6. The Morgan fingerprint density at radius 1 is 1.21 bits per heavy atom. The van der Waals surface area contributed by atoms with Gasteiger partial charge in [0.15, 0.2) is 0 Å². The van der Waals surface area contributed by atoms with Gasteiger partial charge in [-0.05, 0) is 32.3 Å². The van der Waals surface area contributed by atoms with Crippen LogP contribution in [0.3, 0.4) is 0 Å². The standard InChI is InChI=1S/C26H37BrN6O6/c1-17-12-18(13-23(34)28-17)25(35)32-5-3-4-20(16-32)29-24-21(14-19(27)15-22(24)33(37)38)26(36)31-8-6-30(7-9-31)10-11-39-2/h14-15,17-18,20,29H,3-13,16H2,1-2H3,(H,28,34)/t17-,18+,20+/m0/s1. The van der Waals surface area contributed by atoms with E-state index in [1.807, 2.05) is 6.92 Å². The van der Waals surface area contributed by atoms with E-state index in [0.717, 1.165) is 13.0 Å². The minimum Gasteiger partial charge on any atom is -0.383 e. The van der Waals surface area contributed by atoms with Gasteiger partial charge in [-0.3, -0.25) is 29.4 Å². The van der Waals surface area contributed by atoms with Gasteiger partial charge in [0.2, 0.25) is 11.8 Å². The van der Waals surface area contributed by atoms with Crippen LogP contribution in [0, 0.1) is 16.0 Å². The molecule has 3 amide bonds. The number of hydrogen-bond acceptors (Lipinski definition) is 8. The van der Waals surface area contributed by atoms with Crippen LogP contribution < -0.4 is 10.6 Å². The number of piperazine rings is 1. The summed E-state index contributed by atoms with van der Waals surface area (Å²) < 4.78 is 5.60. The first kappa shape index (κ1) is 29.2. The Balaban J connectivity index is 1.51. The molecule has 0 aliphatic carbocycles. The lowest BCUT2D eigenvalue weighted by molar-refractivity contribution is -0.384. The van der Waals surface area contributed by atoms with Crippen LogP contribution >= 0.6 is 15.9 Å². The first-order valence-corrected chi connectivity index (χ1v) is 14.3. The molecule has 1 aromatic rings. The number of halogens is 1. The van der Waals surface area contributed by atoms with Gasteiger partial charge in [0.25, 0.3) is 11.6 Å². The molecule has 214 valence electrons. The van der Waals surface area contributed by atoms with Crippen molar-refractivity contribution in [1.29, 1.82) is 0 Å². The predicted molar refractivity (Wildman–Crippen MR) is 149 cm³/mol. The summed E-state index contributed by atoms with van der Waals surface area (Å²) in [5, 5.41) is 18.2. The highest BCUT2D eigenvalue weighted by molar-refractivity contribution is 9.10. The van der Waals surface area contributed by atoms with Crippen LogP contribution in [0.15, 0.2) is 16.6 Å². The van der Waals surface area contributed by atoms with Crippen molar-refractivity contribution in [1.82, 2.24) is 20.0 Å². The molecule has 3 aliphatic heterocycles. The summed E-state index contributed by atoms with van der Waals surface area (Å²) in [6, 6.07) is 2.70. The van der Waals surface area contributed by atoms with Crippen LogP contribution in [0.4, 0.5) is 11.4 Å². The lowest BCUT2D eigenvalue weighted by atomic mass is 9.90. The molecule has 3 aliphatic rings. The average Bonchev–Trinajstić information content (AvgIpc) is 2.91. The van der Waals surface area contributed by atoms with Gasteiger partial charge in [0, 0.05) is 87.9 Å². The number of amides is 3. The van der Waals surface area contributed by atoms with Gasteiger partial charge in [-0.2, -0.15) is 0 Å². The third-order valence-electron chi connectivity index (χ3n) is 7.69. The third-order valence-corrected chi connectivity index (χ3v) is 8.15. The number of nitro groups is 1. The van der Waals surface area contributed by atoms with Crippen molar-refractivity contribution in [2.75, 3.05) is 64.8 Å². The highest BCUT2D eigenvalue weighted by Crippen LogP contribution is 2.35. The number of methoxy groups -OCH3 is 1. The highest BCUT2D eigenvalue weighted by atomic mass is 79.9. The van der Waals surface area contributed by atoms with Crippen LogP contribution in [0.25, 0.3) is 0 Å². The van der Waals surface area contributed by atoms with Crippen LogP contribution in [0.2, 0.25) is 0 Å². The minimum absolute atomic E-state index is 0.0558. The number of rotatable bonds is 8. The quantitative estimate of drug-likeness (QED) is 0.338. The number of ether oxygens (including phenoxy) is 1. The Morgan fingerprint density at radius 2 is 1.95 bits per heavy atom. The van der Waals surface area contributed by atoms with E-state index in [1.165, 1.54) is 6.07 Å². The minimum atomic E-state index is -0.486. The van der Waals surface area contributed by atoms with Gasteiger partial charge in [0.1, 0.15) is 5.69 Å². The summed E-state index contributed by atoms with van der Waals surface area (Å²) in [7, 11) is 1.66. The number of nitro benzene ring substituents is 1. The Bertz CT molecular complexity index is 1090. The van der Waals surface area contributed by atoms with Crippen LogP contribution in [0.1, 0.15) is 43.0 Å². The van der Waals surface area contributed by atoms with Crippen molar-refractivity contribution < 1.29 is 24.0 Å². The fraction of sp³-hybridized carbons (Fsp3) is 0.654. The molecular formula is C26H37BrN6O6. The molecule has 3 heterocycles. The molecule has 0 bridgehead atoms. The molecule has 39 heavy (non-hydrogen) atoms. The largest absolute Gasteiger partial charge is 0.383 e. The summed E-state index contributed by atoms with van der Waals surface area (Å²) in [5.41, 5.74) is 0.232. The Hall–Kier alpha value is -2.77. The van der Waals surface area contributed by atoms with E-state index in [9.17, 15) is 24.5 Å². The highest BCUT2D eigenvalue weighted by Gasteiger charge is 2.35. The lowest BCUT2D eigenvalue weighted by Crippen LogP contribution is -2.51. The first-order chi connectivity index (χ1) is 18.7. The van der Waals surface area contributed by atoms with Gasteiger partial charge in [-0.15, -0.1) is 0 Å². The van der Waals surface area contributed by atoms with Crippen molar-refractivity contribution >= 4 is 45.0 Å². The zero-order chi connectivity index (χ0) is 28.1. The average molecular weight is 610 g/mol. The first-order valence-electron chi connectivity index (χ1n) is 13.5. The molecule has 2 N–H and O–H groups in total. The van der Waals surface area contributed by atoms with E-state index < -0.39 is 4.92 Å². The van der Waals surface area contributed by atoms with Crippen molar-refractivity contribution in [2.24, 2.45) is 5.92 Å². The predicted octanol–water partition coefficient (Wildman–Crippen LogP) is 2.08. The second-order valence-electron chi connectivity index (χ2n) is 10.6. The Morgan fingerprint density at radius 3 is 2.62 bits per heavy atom. The maximum atomic E-state index is 13.6. The van der Waals surface area contributed by atoms with E-state index in [1.54, 1.807) is 23.0 Å². The van der Waals surface area contributed by atoms with E-state index in [-0.39, 0.29) is 59.1 Å². The number of nitrogens with zero attached hydrogens (tertiary/aromatic N) is 4. The second-order valence-corrected chi connectivity index (χ2v) is 11.5. The Kier molecular flexibility index (Phi) is 9.78. The van der Waals surface area contributed by atoms with Crippen molar-refractivity contribution in [3.05, 3.63) is 32.3 Å². The number of anilines is 1. The Labute approximate surface area is 236 Å². The molecule has 0 radical (unpaired) electrons. The molecule has 0 saturated carbocycles. The number of likely N-dealkylation sites (tertiary alicyclic amines) is 1. The number of benzene rings is 1. The third kappa shape index (κ3) is 7.25. The number of hydrogen-bond donors (Lipinski definition) is 2. The van der Waals surface area contributed by atoms with Gasteiger partial charge in [-0.25, -0.2) is 0 Å². The summed E-state index contributed by atoms with van der Waals surface area (Å²) in [6.07, 6.45) is 2.18. The molecular weight excluding hydrogens is 572 g/mol. The number of carbonyl (C=O) groups is 3. The SMILES string of the molecule is COCCN1CCN(C(=O)c2cc(Br)cc([N+](=O)[O-])c2N[C@@H]2CCCN(C(=O)[C@H]3CC(=O)N[C@@H](C)C3)C2)CC1. The van der Waals surface area contributed by atoms with Crippen molar-refractivity contribution in [3.63, 3.8) is 0 Å². The fourth-order valence-corrected chi connectivity index (χ4v) is 6.14. The smallest absolute Gasteiger partial charge is 0.294 e. The zero-order valence-electron chi connectivity index (χ0n) is 22.5. The summed E-state index contributed by atoms with van der Waals surface area (Å²) in [4.78, 5) is 56.2. The van der Waals surface area contributed by atoms with E-state index >= 15 is 0 Å². The molecule has 0 unspecified atom stereocenters. The summed E-state index contributed by atoms with van der Waals surface area (Å²) in [6.45, 7) is 6.65. The van der Waals surface area contributed by atoms with Crippen LogP contribution in [-0.4, -0.2) is 109 Å². The zero-order valence-corrected chi connectivity index (χ0v) is 24.1. The maximum Gasteiger partial charge on any atom is 0.294 e. The molecule has 3 atom stereocenters.